The summed E-state index contributed by atoms with van der Waals surface area (Å²) in [6.45, 7) is 7.29. The SMILES string of the molecule is CCc1c(OCOC)cc(OCOC)c(-c2cc(CO)ccc2OC)c1CCOCC1COC(C)(C)O1. The van der Waals surface area contributed by atoms with Gasteiger partial charge < -0.3 is 43.0 Å². The first-order valence-electron chi connectivity index (χ1n) is 12.5. The van der Waals surface area contributed by atoms with Crippen molar-refractivity contribution in [2.24, 2.45) is 0 Å². The van der Waals surface area contributed by atoms with Crippen LogP contribution in [0.4, 0.5) is 0 Å². The minimum atomic E-state index is -0.592. The van der Waals surface area contributed by atoms with Crippen molar-refractivity contribution in [3.05, 3.63) is 41.0 Å². The molecule has 0 radical (unpaired) electrons. The maximum atomic E-state index is 9.84. The van der Waals surface area contributed by atoms with E-state index in [1.165, 1.54) is 0 Å². The standard InChI is InChI=1S/C28H40O9/c1-7-21-22(10-11-33-15-20-16-36-28(2,3)37-20)27(23-12-19(14-29)8-9-24(23)32-6)26(35-18-31-5)13-25(21)34-17-30-4/h8-9,12-13,20,29H,7,10-11,14-18H2,1-6H3. The second kappa shape index (κ2) is 13.9. The summed E-state index contributed by atoms with van der Waals surface area (Å²) < 4.78 is 45.7. The van der Waals surface area contributed by atoms with Crippen LogP contribution < -0.4 is 14.2 Å². The minimum absolute atomic E-state index is 0.0505. The van der Waals surface area contributed by atoms with Crippen LogP contribution in [0.15, 0.2) is 24.3 Å². The Balaban J connectivity index is 2.04. The van der Waals surface area contributed by atoms with Gasteiger partial charge in [-0.3, -0.25) is 0 Å². The Kier molecular flexibility index (Phi) is 11.0. The maximum absolute atomic E-state index is 9.84. The highest BCUT2D eigenvalue weighted by molar-refractivity contribution is 5.82. The smallest absolute Gasteiger partial charge is 0.188 e. The Hall–Kier alpha value is -2.40. The van der Waals surface area contributed by atoms with Crippen LogP contribution in [0.1, 0.15) is 37.5 Å². The Bertz CT molecular complexity index is 1010. The highest BCUT2D eigenvalue weighted by atomic mass is 16.7. The molecule has 9 heteroatoms. The lowest BCUT2D eigenvalue weighted by Gasteiger charge is -2.24. The molecule has 0 aromatic heterocycles. The van der Waals surface area contributed by atoms with Gasteiger partial charge in [0.25, 0.3) is 0 Å². The van der Waals surface area contributed by atoms with Gasteiger partial charge in [0.15, 0.2) is 19.4 Å². The van der Waals surface area contributed by atoms with Gasteiger partial charge >= 0.3 is 0 Å². The van der Waals surface area contributed by atoms with E-state index in [9.17, 15) is 5.11 Å². The molecule has 37 heavy (non-hydrogen) atoms. The molecule has 0 spiro atoms. The first-order chi connectivity index (χ1) is 17.9. The van der Waals surface area contributed by atoms with E-state index in [0.717, 1.165) is 27.8 Å². The summed E-state index contributed by atoms with van der Waals surface area (Å²) in [6, 6.07) is 7.46. The second-order valence-electron chi connectivity index (χ2n) is 9.13. The summed E-state index contributed by atoms with van der Waals surface area (Å²) in [5.74, 6) is 1.31. The van der Waals surface area contributed by atoms with Crippen molar-refractivity contribution in [1.82, 2.24) is 0 Å². The Morgan fingerprint density at radius 2 is 1.70 bits per heavy atom. The molecule has 0 aliphatic carbocycles. The van der Waals surface area contributed by atoms with Gasteiger partial charge in [0, 0.05) is 31.4 Å². The number of benzene rings is 2. The van der Waals surface area contributed by atoms with Crippen molar-refractivity contribution in [3.8, 4) is 28.4 Å². The topological polar surface area (TPSA) is 94.1 Å². The molecule has 1 unspecified atom stereocenters. The van der Waals surface area contributed by atoms with Crippen molar-refractivity contribution in [2.75, 3.05) is 54.7 Å². The molecule has 9 nitrogen and oxygen atoms in total. The van der Waals surface area contributed by atoms with Crippen molar-refractivity contribution < 1.29 is 43.0 Å². The largest absolute Gasteiger partial charge is 0.496 e. The summed E-state index contributed by atoms with van der Waals surface area (Å²) in [7, 11) is 4.77. The number of hydrogen-bond donors (Lipinski definition) is 1. The van der Waals surface area contributed by atoms with Gasteiger partial charge in [-0.25, -0.2) is 0 Å². The van der Waals surface area contributed by atoms with E-state index in [-0.39, 0.29) is 26.3 Å². The van der Waals surface area contributed by atoms with Crippen LogP contribution in [0.2, 0.25) is 0 Å². The van der Waals surface area contributed by atoms with Gasteiger partial charge in [0.05, 0.1) is 33.5 Å². The number of hydrogen-bond acceptors (Lipinski definition) is 9. The Morgan fingerprint density at radius 3 is 2.30 bits per heavy atom. The zero-order valence-electron chi connectivity index (χ0n) is 22.8. The average Bonchev–Trinajstić information content (AvgIpc) is 3.26. The monoisotopic (exact) mass is 520 g/mol. The van der Waals surface area contributed by atoms with Crippen molar-refractivity contribution in [1.29, 1.82) is 0 Å². The van der Waals surface area contributed by atoms with Crippen molar-refractivity contribution >= 4 is 0 Å². The zero-order chi connectivity index (χ0) is 26.8. The molecule has 0 amide bonds. The van der Waals surface area contributed by atoms with Gasteiger partial charge in [-0.15, -0.1) is 0 Å². The van der Waals surface area contributed by atoms with Crippen molar-refractivity contribution in [3.63, 3.8) is 0 Å². The van der Waals surface area contributed by atoms with Crippen LogP contribution >= 0.6 is 0 Å². The number of rotatable bonds is 15. The van der Waals surface area contributed by atoms with Gasteiger partial charge in [-0.1, -0.05) is 13.0 Å². The number of aliphatic hydroxyl groups is 1. The van der Waals surface area contributed by atoms with Crippen LogP contribution in [-0.2, 0) is 43.1 Å². The molecule has 1 fully saturated rings. The highest BCUT2D eigenvalue weighted by Gasteiger charge is 2.32. The predicted molar refractivity (Wildman–Crippen MR) is 138 cm³/mol. The number of methoxy groups -OCH3 is 3. The summed E-state index contributed by atoms with van der Waals surface area (Å²) in [5, 5.41) is 9.84. The highest BCUT2D eigenvalue weighted by Crippen LogP contribution is 2.45. The molecular formula is C28H40O9. The third kappa shape index (κ3) is 7.56. The van der Waals surface area contributed by atoms with Gasteiger partial charge in [-0.2, -0.15) is 0 Å². The van der Waals surface area contributed by atoms with E-state index in [4.69, 9.17) is 37.9 Å². The predicted octanol–water partition coefficient (Wildman–Crippen LogP) is 4.09. The summed E-state index contributed by atoms with van der Waals surface area (Å²) in [5.41, 5.74) is 4.42. The van der Waals surface area contributed by atoms with Crippen molar-refractivity contribution in [2.45, 2.75) is 52.1 Å². The molecule has 2 aromatic rings. The van der Waals surface area contributed by atoms with Crippen LogP contribution in [0.5, 0.6) is 17.2 Å². The van der Waals surface area contributed by atoms with E-state index < -0.39 is 5.79 Å². The lowest BCUT2D eigenvalue weighted by molar-refractivity contribution is -0.144. The fraction of sp³-hybridized carbons (Fsp3) is 0.571. The minimum Gasteiger partial charge on any atom is -0.496 e. The molecule has 1 aliphatic heterocycles. The van der Waals surface area contributed by atoms with E-state index in [1.807, 2.05) is 38.1 Å². The summed E-state index contributed by atoms with van der Waals surface area (Å²) in [4.78, 5) is 0. The Morgan fingerprint density at radius 1 is 0.973 bits per heavy atom. The lowest BCUT2D eigenvalue weighted by Crippen LogP contribution is -2.24. The fourth-order valence-electron chi connectivity index (χ4n) is 4.46. The molecular weight excluding hydrogens is 480 g/mol. The summed E-state index contributed by atoms with van der Waals surface area (Å²) in [6.07, 6.45) is 1.18. The van der Waals surface area contributed by atoms with Crippen LogP contribution in [0.3, 0.4) is 0 Å². The van der Waals surface area contributed by atoms with Crippen LogP contribution in [-0.4, -0.2) is 71.7 Å². The molecule has 1 heterocycles. The molecule has 2 aromatic carbocycles. The van der Waals surface area contributed by atoms with Gasteiger partial charge in [0.1, 0.15) is 23.4 Å². The normalized spacial score (nSPS) is 16.7. The lowest BCUT2D eigenvalue weighted by atomic mass is 9.89. The van der Waals surface area contributed by atoms with E-state index in [0.29, 0.717) is 49.9 Å². The first kappa shape index (κ1) is 29.2. The van der Waals surface area contributed by atoms with Crippen LogP contribution in [0.25, 0.3) is 11.1 Å². The van der Waals surface area contributed by atoms with Gasteiger partial charge in [0.2, 0.25) is 0 Å². The number of ether oxygens (including phenoxy) is 8. The second-order valence-corrected chi connectivity index (χ2v) is 9.13. The molecule has 1 atom stereocenters. The zero-order valence-corrected chi connectivity index (χ0v) is 22.8. The third-order valence-electron chi connectivity index (χ3n) is 6.07. The first-order valence-corrected chi connectivity index (χ1v) is 12.5. The summed E-state index contributed by atoms with van der Waals surface area (Å²) >= 11 is 0. The van der Waals surface area contributed by atoms with Gasteiger partial charge in [-0.05, 0) is 55.5 Å². The van der Waals surface area contributed by atoms with E-state index in [1.54, 1.807) is 21.3 Å². The van der Waals surface area contributed by atoms with Crippen LogP contribution in [0, 0.1) is 0 Å². The fourth-order valence-corrected chi connectivity index (χ4v) is 4.46. The van der Waals surface area contributed by atoms with E-state index in [2.05, 4.69) is 6.92 Å². The molecule has 3 rings (SSSR count). The molecule has 1 aliphatic rings. The molecule has 206 valence electrons. The maximum Gasteiger partial charge on any atom is 0.188 e. The third-order valence-corrected chi connectivity index (χ3v) is 6.07. The molecule has 1 saturated heterocycles. The molecule has 1 N–H and O–H groups in total. The number of aliphatic hydroxyl groups excluding tert-OH is 1. The van der Waals surface area contributed by atoms with E-state index >= 15 is 0 Å². The molecule has 0 bridgehead atoms. The average molecular weight is 521 g/mol. The Labute approximate surface area is 219 Å². The quantitative estimate of drug-likeness (QED) is 0.275. The molecule has 0 saturated carbocycles.